The molecular formula is B3F12La. The zero-order chi connectivity index (χ0) is 13.5. The van der Waals surface area contributed by atoms with Crippen LogP contribution >= 0.6 is 0 Å². The number of hydrogen-bond acceptors (Lipinski definition) is 0. The molecule has 0 aromatic carbocycles. The molecule has 0 aliphatic carbocycles. The molecule has 0 radical (unpaired) electrons. The molecule has 0 spiro atoms. The maximum atomic E-state index is 9.75. The van der Waals surface area contributed by atoms with Crippen LogP contribution in [-0.2, 0) is 0 Å². The van der Waals surface area contributed by atoms with E-state index >= 15 is 0 Å². The van der Waals surface area contributed by atoms with E-state index in [9.17, 15) is 51.8 Å². The van der Waals surface area contributed by atoms with E-state index in [1.54, 1.807) is 0 Å². The molecule has 0 aliphatic heterocycles. The molecular weight excluding hydrogens is 399 g/mol. The largest absolute Gasteiger partial charge is 3.00 e. The number of hydrogen-bond donors (Lipinski definition) is 0. The van der Waals surface area contributed by atoms with E-state index < -0.39 is 21.8 Å². The van der Waals surface area contributed by atoms with Crippen LogP contribution in [0.4, 0.5) is 51.8 Å². The molecule has 0 aromatic rings. The Morgan fingerprint density at radius 2 is 0.312 bits per heavy atom. The fraction of sp³-hybridized carbons (Fsp3) is 0. The van der Waals surface area contributed by atoms with Gasteiger partial charge in [-0.15, -0.1) is 0 Å². The van der Waals surface area contributed by atoms with Crippen LogP contribution in [0.2, 0.25) is 0 Å². The molecule has 0 nitrogen and oxygen atoms in total. The van der Waals surface area contributed by atoms with Crippen LogP contribution in [0.3, 0.4) is 0 Å². The van der Waals surface area contributed by atoms with Gasteiger partial charge in [-0.25, -0.2) is 0 Å². The van der Waals surface area contributed by atoms with E-state index in [2.05, 4.69) is 0 Å². The zero-order valence-electron chi connectivity index (χ0n) is 6.84. The molecule has 0 saturated heterocycles. The first-order chi connectivity index (χ1) is 6.00. The second-order valence-corrected chi connectivity index (χ2v) is 1.48. The molecule has 0 unspecified atom stereocenters. The van der Waals surface area contributed by atoms with E-state index in [0.29, 0.717) is 0 Å². The van der Waals surface area contributed by atoms with E-state index in [-0.39, 0.29) is 35.6 Å². The summed E-state index contributed by atoms with van der Waals surface area (Å²) in [6.45, 7) is 0. The van der Waals surface area contributed by atoms with E-state index in [0.717, 1.165) is 0 Å². The summed E-state index contributed by atoms with van der Waals surface area (Å²) in [6, 6.07) is 0. The van der Waals surface area contributed by atoms with E-state index in [1.165, 1.54) is 0 Å². The molecule has 0 N–H and O–H groups in total. The molecule has 0 atom stereocenters. The van der Waals surface area contributed by atoms with Gasteiger partial charge in [0.15, 0.2) is 0 Å². The summed E-state index contributed by atoms with van der Waals surface area (Å²) in [5.74, 6) is 0. The van der Waals surface area contributed by atoms with Crippen LogP contribution < -0.4 is 0 Å². The van der Waals surface area contributed by atoms with Gasteiger partial charge >= 0.3 is 57.4 Å². The molecule has 0 bridgehead atoms. The third-order valence-corrected chi connectivity index (χ3v) is 0. The summed E-state index contributed by atoms with van der Waals surface area (Å²) >= 11 is 0. The van der Waals surface area contributed by atoms with Crippen molar-refractivity contribution in [2.45, 2.75) is 0 Å². The minimum atomic E-state index is -6.00. The molecule has 0 aliphatic rings. The van der Waals surface area contributed by atoms with Gasteiger partial charge in [0.2, 0.25) is 0 Å². The van der Waals surface area contributed by atoms with Gasteiger partial charge in [0.1, 0.15) is 0 Å². The monoisotopic (exact) mass is 400 g/mol. The van der Waals surface area contributed by atoms with Gasteiger partial charge in [0.05, 0.1) is 0 Å². The Kier molecular flexibility index (Phi) is 15.2. The fourth-order valence-corrected chi connectivity index (χ4v) is 0. The molecule has 0 heterocycles. The second-order valence-electron chi connectivity index (χ2n) is 1.48. The first-order valence-electron chi connectivity index (χ1n) is 2.62. The van der Waals surface area contributed by atoms with Crippen molar-refractivity contribution >= 4 is 21.8 Å². The Labute approximate surface area is 109 Å². The predicted octanol–water partition coefficient (Wildman–Crippen LogP) is 3.90. The average Bonchev–Trinajstić information content (AvgIpc) is 1.41. The molecule has 16 heteroatoms. The molecule has 96 valence electrons. The van der Waals surface area contributed by atoms with Crippen LogP contribution in [-0.4, -0.2) is 21.8 Å². The average molecular weight is 399 g/mol. The second kappa shape index (κ2) is 9.57. The molecule has 0 rings (SSSR count). The van der Waals surface area contributed by atoms with Crippen LogP contribution in [0.5, 0.6) is 0 Å². The normalized spacial score (nSPS) is 11.2. The summed E-state index contributed by atoms with van der Waals surface area (Å²) in [4.78, 5) is 0. The van der Waals surface area contributed by atoms with Crippen LogP contribution in [0.15, 0.2) is 0 Å². The quantitative estimate of drug-likeness (QED) is 0.428. The van der Waals surface area contributed by atoms with Gasteiger partial charge in [-0.2, -0.15) is 0 Å². The first-order valence-corrected chi connectivity index (χ1v) is 2.62. The smallest absolute Gasteiger partial charge is 0.418 e. The number of halogens is 12. The Bertz CT molecular complexity index is 91.3. The van der Waals surface area contributed by atoms with Crippen molar-refractivity contribution in [2.75, 3.05) is 0 Å². The Morgan fingerprint density at radius 3 is 0.312 bits per heavy atom. The Hall–Kier alpha value is 0.550. The van der Waals surface area contributed by atoms with Crippen molar-refractivity contribution in [3.63, 3.8) is 0 Å². The van der Waals surface area contributed by atoms with Gasteiger partial charge in [0.25, 0.3) is 0 Å². The van der Waals surface area contributed by atoms with Gasteiger partial charge in [0, 0.05) is 0 Å². The third-order valence-electron chi connectivity index (χ3n) is 0. The topological polar surface area (TPSA) is 0 Å². The summed E-state index contributed by atoms with van der Waals surface area (Å²) in [6.07, 6.45) is 0. The minimum Gasteiger partial charge on any atom is -0.418 e. The van der Waals surface area contributed by atoms with E-state index in [4.69, 9.17) is 0 Å². The van der Waals surface area contributed by atoms with Crippen LogP contribution in [0, 0.1) is 35.6 Å². The SMILES string of the molecule is F[B-](F)(F)F.F[B-](F)(F)F.F[B-](F)(F)F.[La+3]. The predicted molar refractivity (Wildman–Crippen MR) is 30.6 cm³/mol. The summed E-state index contributed by atoms with van der Waals surface area (Å²) in [5, 5.41) is 0. The van der Waals surface area contributed by atoms with Gasteiger partial charge < -0.3 is 51.8 Å². The summed E-state index contributed by atoms with van der Waals surface area (Å²) in [5.41, 5.74) is 0. The maximum Gasteiger partial charge on any atom is 3.00 e. The van der Waals surface area contributed by atoms with Crippen molar-refractivity contribution in [1.29, 1.82) is 0 Å². The maximum absolute atomic E-state index is 9.75. The van der Waals surface area contributed by atoms with Gasteiger partial charge in [-0.05, 0) is 0 Å². The van der Waals surface area contributed by atoms with Crippen molar-refractivity contribution in [3.8, 4) is 0 Å². The molecule has 16 heavy (non-hydrogen) atoms. The third kappa shape index (κ3) is 8840. The molecule has 0 aromatic heterocycles. The Morgan fingerprint density at radius 1 is 0.312 bits per heavy atom. The van der Waals surface area contributed by atoms with Crippen molar-refractivity contribution in [1.82, 2.24) is 0 Å². The minimum absolute atomic E-state index is 0. The molecule has 0 saturated carbocycles. The van der Waals surface area contributed by atoms with Crippen LogP contribution in [0.1, 0.15) is 0 Å². The van der Waals surface area contributed by atoms with E-state index in [1.807, 2.05) is 0 Å². The summed E-state index contributed by atoms with van der Waals surface area (Å²) < 4.78 is 117. The van der Waals surface area contributed by atoms with Crippen LogP contribution in [0.25, 0.3) is 0 Å². The van der Waals surface area contributed by atoms with Crippen molar-refractivity contribution in [2.24, 2.45) is 0 Å². The first kappa shape index (κ1) is 25.4. The number of rotatable bonds is 0. The molecule has 0 fully saturated rings. The van der Waals surface area contributed by atoms with Crippen molar-refractivity contribution in [3.05, 3.63) is 0 Å². The van der Waals surface area contributed by atoms with Gasteiger partial charge in [-0.1, -0.05) is 0 Å². The zero-order valence-corrected chi connectivity index (χ0v) is 10.5. The van der Waals surface area contributed by atoms with Crippen molar-refractivity contribution < 1.29 is 87.4 Å². The van der Waals surface area contributed by atoms with Gasteiger partial charge in [-0.3, -0.25) is 0 Å². The Balaban J connectivity index is -0.0000000655. The summed E-state index contributed by atoms with van der Waals surface area (Å²) in [7, 11) is -18.0. The fourth-order valence-electron chi connectivity index (χ4n) is 0. The standard InChI is InChI=1S/3BF4.La/c3*2-1(3,4)5;/q3*-1;+3. The molecule has 0 amide bonds.